The molecule has 5 heteroatoms. The Morgan fingerprint density at radius 2 is 1.74 bits per heavy atom. The van der Waals surface area contributed by atoms with Gasteiger partial charge in [0.1, 0.15) is 0 Å². The molecule has 0 saturated heterocycles. The Balaban J connectivity index is 2.18. The van der Waals surface area contributed by atoms with Crippen LogP contribution in [0.1, 0.15) is 11.1 Å². The molecule has 0 aliphatic carbocycles. The average molecular weight is 256 g/mol. The van der Waals surface area contributed by atoms with Crippen LogP contribution in [-0.2, 0) is 6.42 Å². The fourth-order valence-electron chi connectivity index (χ4n) is 1.75. The number of benzene rings is 2. The third-order valence-corrected chi connectivity index (χ3v) is 2.75. The van der Waals surface area contributed by atoms with Gasteiger partial charge in [0.25, 0.3) is 5.69 Å². The minimum absolute atomic E-state index is 0.0472. The van der Waals surface area contributed by atoms with E-state index in [9.17, 15) is 10.1 Å². The van der Waals surface area contributed by atoms with E-state index in [1.54, 1.807) is 12.1 Å². The van der Waals surface area contributed by atoms with Gasteiger partial charge in [0.15, 0.2) is 0 Å². The normalized spacial score (nSPS) is 11.3. The summed E-state index contributed by atoms with van der Waals surface area (Å²) < 4.78 is 0. The van der Waals surface area contributed by atoms with Crippen LogP contribution < -0.4 is 0 Å². The predicted molar refractivity (Wildman–Crippen MR) is 71.6 cm³/mol. The highest BCUT2D eigenvalue weighted by molar-refractivity contribution is 6.01. The molecular formula is C14H12N2O3. The van der Waals surface area contributed by atoms with Gasteiger partial charge in [-0.3, -0.25) is 10.1 Å². The smallest absolute Gasteiger partial charge is 0.269 e. The van der Waals surface area contributed by atoms with Crippen molar-refractivity contribution in [1.82, 2.24) is 0 Å². The molecule has 19 heavy (non-hydrogen) atoms. The molecule has 2 rings (SSSR count). The molecule has 2 aromatic carbocycles. The fraction of sp³-hybridized carbons (Fsp3) is 0.0714. The van der Waals surface area contributed by atoms with E-state index in [0.717, 1.165) is 11.1 Å². The van der Waals surface area contributed by atoms with Crippen molar-refractivity contribution >= 4 is 11.4 Å². The Labute approximate surface area is 110 Å². The Kier molecular flexibility index (Phi) is 3.87. The van der Waals surface area contributed by atoms with Crippen molar-refractivity contribution in [2.24, 2.45) is 5.16 Å². The Morgan fingerprint density at radius 1 is 1.11 bits per heavy atom. The molecule has 0 bridgehead atoms. The van der Waals surface area contributed by atoms with E-state index >= 15 is 0 Å². The van der Waals surface area contributed by atoms with Gasteiger partial charge in [-0.05, 0) is 11.1 Å². The number of hydrogen-bond acceptors (Lipinski definition) is 4. The first-order valence-electron chi connectivity index (χ1n) is 5.70. The molecule has 1 N–H and O–H groups in total. The van der Waals surface area contributed by atoms with Crippen molar-refractivity contribution in [1.29, 1.82) is 0 Å². The third-order valence-electron chi connectivity index (χ3n) is 2.75. The number of rotatable bonds is 4. The maximum Gasteiger partial charge on any atom is 0.269 e. The van der Waals surface area contributed by atoms with Crippen LogP contribution in [0.25, 0.3) is 0 Å². The van der Waals surface area contributed by atoms with Crippen LogP contribution in [0.15, 0.2) is 59.8 Å². The maximum atomic E-state index is 10.6. The maximum absolute atomic E-state index is 10.6. The van der Waals surface area contributed by atoms with Crippen LogP contribution in [0, 0.1) is 10.1 Å². The van der Waals surface area contributed by atoms with E-state index in [1.165, 1.54) is 12.1 Å². The quantitative estimate of drug-likeness (QED) is 0.395. The molecule has 0 saturated carbocycles. The molecule has 0 aliphatic heterocycles. The second-order valence-corrected chi connectivity index (χ2v) is 4.01. The molecule has 2 aromatic rings. The Hall–Kier alpha value is -2.69. The van der Waals surface area contributed by atoms with E-state index in [4.69, 9.17) is 5.21 Å². The van der Waals surface area contributed by atoms with Crippen LogP contribution in [0.3, 0.4) is 0 Å². The number of nitro groups is 1. The van der Waals surface area contributed by atoms with Crippen molar-refractivity contribution in [2.75, 3.05) is 0 Å². The summed E-state index contributed by atoms with van der Waals surface area (Å²) in [6.45, 7) is 0. The first kappa shape index (κ1) is 12.8. The summed E-state index contributed by atoms with van der Waals surface area (Å²) in [4.78, 5) is 10.1. The SMILES string of the molecule is O=[N+]([O-])c1ccc(CC(=NO)c2ccccc2)cc1. The highest BCUT2D eigenvalue weighted by Crippen LogP contribution is 2.14. The summed E-state index contributed by atoms with van der Waals surface area (Å²) in [5, 5.41) is 22.9. The summed E-state index contributed by atoms with van der Waals surface area (Å²) in [6, 6.07) is 15.5. The molecule has 0 spiro atoms. The van der Waals surface area contributed by atoms with E-state index in [2.05, 4.69) is 5.16 Å². The van der Waals surface area contributed by atoms with Gasteiger partial charge in [0, 0.05) is 18.6 Å². The van der Waals surface area contributed by atoms with E-state index in [-0.39, 0.29) is 5.69 Å². The van der Waals surface area contributed by atoms with Gasteiger partial charge < -0.3 is 5.21 Å². The number of oxime groups is 1. The summed E-state index contributed by atoms with van der Waals surface area (Å²) >= 11 is 0. The summed E-state index contributed by atoms with van der Waals surface area (Å²) in [7, 11) is 0. The molecule has 0 atom stereocenters. The highest BCUT2D eigenvalue weighted by Gasteiger charge is 2.08. The van der Waals surface area contributed by atoms with E-state index in [0.29, 0.717) is 12.1 Å². The molecule has 0 heterocycles. The highest BCUT2D eigenvalue weighted by atomic mass is 16.6. The second kappa shape index (κ2) is 5.77. The van der Waals surface area contributed by atoms with Crippen LogP contribution >= 0.6 is 0 Å². The van der Waals surface area contributed by atoms with Gasteiger partial charge in [-0.1, -0.05) is 47.6 Å². The Bertz CT molecular complexity index is 592. The van der Waals surface area contributed by atoms with Crippen LogP contribution in [-0.4, -0.2) is 15.8 Å². The topological polar surface area (TPSA) is 75.7 Å². The number of nitrogens with zero attached hydrogens (tertiary/aromatic N) is 2. The van der Waals surface area contributed by atoms with Crippen LogP contribution in [0.5, 0.6) is 0 Å². The zero-order valence-corrected chi connectivity index (χ0v) is 10.1. The second-order valence-electron chi connectivity index (χ2n) is 4.01. The summed E-state index contributed by atoms with van der Waals surface area (Å²) in [5.41, 5.74) is 2.24. The van der Waals surface area contributed by atoms with Crippen molar-refractivity contribution in [3.8, 4) is 0 Å². The van der Waals surface area contributed by atoms with Crippen LogP contribution in [0.2, 0.25) is 0 Å². The molecule has 0 unspecified atom stereocenters. The lowest BCUT2D eigenvalue weighted by Crippen LogP contribution is -2.05. The molecule has 0 fully saturated rings. The summed E-state index contributed by atoms with van der Waals surface area (Å²) in [6.07, 6.45) is 0.415. The zero-order chi connectivity index (χ0) is 13.7. The Morgan fingerprint density at radius 3 is 2.26 bits per heavy atom. The lowest BCUT2D eigenvalue weighted by atomic mass is 10.0. The number of hydrogen-bond donors (Lipinski definition) is 1. The third kappa shape index (κ3) is 3.16. The van der Waals surface area contributed by atoms with Gasteiger partial charge >= 0.3 is 0 Å². The molecule has 0 amide bonds. The monoisotopic (exact) mass is 256 g/mol. The van der Waals surface area contributed by atoms with Gasteiger partial charge in [0.2, 0.25) is 0 Å². The van der Waals surface area contributed by atoms with Gasteiger partial charge in [-0.15, -0.1) is 0 Å². The fourth-order valence-corrected chi connectivity index (χ4v) is 1.75. The van der Waals surface area contributed by atoms with Crippen molar-refractivity contribution in [3.05, 3.63) is 75.8 Å². The predicted octanol–water partition coefficient (Wildman–Crippen LogP) is 3.02. The minimum atomic E-state index is -0.442. The van der Waals surface area contributed by atoms with Crippen molar-refractivity contribution < 1.29 is 10.1 Å². The zero-order valence-electron chi connectivity index (χ0n) is 10.1. The van der Waals surface area contributed by atoms with Gasteiger partial charge in [-0.25, -0.2) is 0 Å². The molecular weight excluding hydrogens is 244 g/mol. The number of non-ortho nitro benzene ring substituents is 1. The lowest BCUT2D eigenvalue weighted by molar-refractivity contribution is -0.384. The average Bonchev–Trinajstić information content (AvgIpc) is 2.46. The molecule has 0 aromatic heterocycles. The number of nitro benzene ring substituents is 1. The van der Waals surface area contributed by atoms with Gasteiger partial charge in [-0.2, -0.15) is 0 Å². The van der Waals surface area contributed by atoms with Crippen LogP contribution in [0.4, 0.5) is 5.69 Å². The molecule has 0 aliphatic rings. The molecule has 0 radical (unpaired) electrons. The van der Waals surface area contributed by atoms with Gasteiger partial charge in [0.05, 0.1) is 10.6 Å². The summed E-state index contributed by atoms with van der Waals surface area (Å²) in [5.74, 6) is 0. The minimum Gasteiger partial charge on any atom is -0.411 e. The van der Waals surface area contributed by atoms with E-state index < -0.39 is 4.92 Å². The first-order chi connectivity index (χ1) is 9.20. The first-order valence-corrected chi connectivity index (χ1v) is 5.70. The molecule has 96 valence electrons. The lowest BCUT2D eigenvalue weighted by Gasteiger charge is -2.04. The van der Waals surface area contributed by atoms with E-state index in [1.807, 2.05) is 30.3 Å². The standard InChI is InChI=1S/C14H12N2O3/c17-15-14(12-4-2-1-3-5-12)10-11-6-8-13(9-7-11)16(18)19/h1-9,17H,10H2. The molecule has 5 nitrogen and oxygen atoms in total. The van der Waals surface area contributed by atoms with Crippen molar-refractivity contribution in [3.63, 3.8) is 0 Å². The largest absolute Gasteiger partial charge is 0.411 e. The van der Waals surface area contributed by atoms with Crippen molar-refractivity contribution in [2.45, 2.75) is 6.42 Å².